The van der Waals surface area contributed by atoms with Gasteiger partial charge in [0.15, 0.2) is 0 Å². The van der Waals surface area contributed by atoms with Crippen molar-refractivity contribution in [3.8, 4) is 0 Å². The Kier molecular flexibility index (Phi) is 3.67. The van der Waals surface area contributed by atoms with Gasteiger partial charge in [0.1, 0.15) is 0 Å². The second-order valence-electron chi connectivity index (χ2n) is 6.04. The summed E-state index contributed by atoms with van der Waals surface area (Å²) in [6.07, 6.45) is 5.40. The average molecular weight is 244 g/mol. The summed E-state index contributed by atoms with van der Waals surface area (Å²) in [6.45, 7) is 6.31. The number of hydrogen-bond acceptors (Lipinski definition) is 2. The molecule has 0 aromatic heterocycles. The Morgan fingerprint density at radius 2 is 2.06 bits per heavy atom. The van der Waals surface area contributed by atoms with Crippen LogP contribution in [-0.4, -0.2) is 37.6 Å². The van der Waals surface area contributed by atoms with Crippen molar-refractivity contribution >= 4 is 0 Å². The number of likely N-dealkylation sites (tertiary alicyclic amines) is 1. The van der Waals surface area contributed by atoms with E-state index in [4.69, 9.17) is 0 Å². The Morgan fingerprint density at radius 3 is 2.83 bits per heavy atom. The molecule has 1 spiro atoms. The van der Waals surface area contributed by atoms with E-state index in [0.717, 1.165) is 0 Å². The summed E-state index contributed by atoms with van der Waals surface area (Å²) >= 11 is 0. The Labute approximate surface area is 110 Å². The van der Waals surface area contributed by atoms with Crippen LogP contribution in [0.15, 0.2) is 30.3 Å². The van der Waals surface area contributed by atoms with Crippen LogP contribution >= 0.6 is 0 Å². The number of piperidine rings is 1. The fourth-order valence-corrected chi connectivity index (χ4v) is 3.53. The average Bonchev–Trinajstić information content (AvgIpc) is 2.82. The fraction of sp³-hybridized carbons (Fsp3) is 0.625. The van der Waals surface area contributed by atoms with E-state index in [1.807, 2.05) is 0 Å². The van der Waals surface area contributed by atoms with Crippen LogP contribution in [0.25, 0.3) is 0 Å². The van der Waals surface area contributed by atoms with Crippen LogP contribution in [-0.2, 0) is 6.42 Å². The SMILES string of the molecule is c1ccc(CCN2CC[C@]3(CCCNC3)C2)cc1. The fourth-order valence-electron chi connectivity index (χ4n) is 3.53. The first-order valence-corrected chi connectivity index (χ1v) is 7.33. The molecule has 0 bridgehead atoms. The first-order chi connectivity index (χ1) is 8.86. The first-order valence-electron chi connectivity index (χ1n) is 7.33. The summed E-state index contributed by atoms with van der Waals surface area (Å²) in [5.74, 6) is 0. The molecular weight excluding hydrogens is 220 g/mol. The van der Waals surface area contributed by atoms with Gasteiger partial charge in [0, 0.05) is 19.6 Å². The highest BCUT2D eigenvalue weighted by Crippen LogP contribution is 2.36. The van der Waals surface area contributed by atoms with Crippen LogP contribution in [0.4, 0.5) is 0 Å². The molecule has 0 amide bonds. The lowest BCUT2D eigenvalue weighted by molar-refractivity contribution is 0.203. The smallest absolute Gasteiger partial charge is 0.00508 e. The molecule has 2 aliphatic heterocycles. The third kappa shape index (κ3) is 2.76. The molecule has 2 aliphatic rings. The molecule has 1 N–H and O–H groups in total. The van der Waals surface area contributed by atoms with Gasteiger partial charge in [-0.2, -0.15) is 0 Å². The van der Waals surface area contributed by atoms with Crippen LogP contribution in [0.5, 0.6) is 0 Å². The minimum absolute atomic E-state index is 0.606. The van der Waals surface area contributed by atoms with E-state index < -0.39 is 0 Å². The second kappa shape index (κ2) is 5.41. The molecule has 98 valence electrons. The molecule has 3 rings (SSSR count). The maximum Gasteiger partial charge on any atom is 0.00508 e. The second-order valence-corrected chi connectivity index (χ2v) is 6.04. The van der Waals surface area contributed by atoms with E-state index in [9.17, 15) is 0 Å². The third-order valence-electron chi connectivity index (χ3n) is 4.64. The zero-order chi connectivity index (χ0) is 12.3. The summed E-state index contributed by atoms with van der Waals surface area (Å²) in [5, 5.41) is 3.59. The molecule has 18 heavy (non-hydrogen) atoms. The molecule has 1 atom stereocenters. The molecular formula is C16H24N2. The van der Waals surface area contributed by atoms with Crippen molar-refractivity contribution in [3.05, 3.63) is 35.9 Å². The van der Waals surface area contributed by atoms with Crippen molar-refractivity contribution in [2.75, 3.05) is 32.7 Å². The maximum absolute atomic E-state index is 3.59. The number of rotatable bonds is 3. The highest BCUT2D eigenvalue weighted by atomic mass is 15.2. The maximum atomic E-state index is 3.59. The van der Waals surface area contributed by atoms with Gasteiger partial charge >= 0.3 is 0 Å². The number of hydrogen-bond donors (Lipinski definition) is 1. The van der Waals surface area contributed by atoms with Crippen molar-refractivity contribution in [2.45, 2.75) is 25.7 Å². The molecule has 0 radical (unpaired) electrons. The molecule has 0 unspecified atom stereocenters. The summed E-state index contributed by atoms with van der Waals surface area (Å²) in [5.41, 5.74) is 2.08. The van der Waals surface area contributed by atoms with Crippen LogP contribution in [0.1, 0.15) is 24.8 Å². The Bertz CT molecular complexity index is 368. The monoisotopic (exact) mass is 244 g/mol. The predicted molar refractivity (Wildman–Crippen MR) is 75.7 cm³/mol. The van der Waals surface area contributed by atoms with Crippen molar-refractivity contribution in [1.29, 1.82) is 0 Å². The van der Waals surface area contributed by atoms with Crippen LogP contribution in [0, 0.1) is 5.41 Å². The normalized spacial score (nSPS) is 28.9. The molecule has 0 saturated carbocycles. The van der Waals surface area contributed by atoms with Gasteiger partial charge in [-0.1, -0.05) is 30.3 Å². The highest BCUT2D eigenvalue weighted by molar-refractivity contribution is 5.15. The predicted octanol–water partition coefficient (Wildman–Crippen LogP) is 2.30. The largest absolute Gasteiger partial charge is 0.316 e. The molecule has 2 heteroatoms. The molecule has 1 aromatic carbocycles. The minimum atomic E-state index is 0.606. The van der Waals surface area contributed by atoms with E-state index in [-0.39, 0.29) is 0 Å². The van der Waals surface area contributed by atoms with Crippen LogP contribution in [0.3, 0.4) is 0 Å². The third-order valence-corrected chi connectivity index (χ3v) is 4.64. The number of nitrogens with one attached hydrogen (secondary N) is 1. The van der Waals surface area contributed by atoms with Gasteiger partial charge in [0.2, 0.25) is 0 Å². The van der Waals surface area contributed by atoms with E-state index in [1.54, 1.807) is 0 Å². The Balaban J connectivity index is 1.50. The molecule has 2 nitrogen and oxygen atoms in total. The Morgan fingerprint density at radius 1 is 1.17 bits per heavy atom. The lowest BCUT2D eigenvalue weighted by Gasteiger charge is -2.34. The van der Waals surface area contributed by atoms with Gasteiger partial charge in [0.25, 0.3) is 0 Å². The summed E-state index contributed by atoms with van der Waals surface area (Å²) < 4.78 is 0. The standard InChI is InChI=1S/C16H24N2/c1-2-5-15(6-3-1)7-11-18-12-9-16(14-18)8-4-10-17-13-16/h1-3,5-6,17H,4,7-14H2/t16-/m0/s1. The van der Waals surface area contributed by atoms with Gasteiger partial charge in [-0.05, 0) is 49.8 Å². The van der Waals surface area contributed by atoms with E-state index in [2.05, 4.69) is 40.5 Å². The number of benzene rings is 1. The number of nitrogens with zero attached hydrogens (tertiary/aromatic N) is 1. The molecule has 2 heterocycles. The van der Waals surface area contributed by atoms with Gasteiger partial charge in [-0.15, -0.1) is 0 Å². The zero-order valence-corrected chi connectivity index (χ0v) is 11.2. The lowest BCUT2D eigenvalue weighted by Crippen LogP contribution is -2.42. The van der Waals surface area contributed by atoms with Gasteiger partial charge in [-0.25, -0.2) is 0 Å². The van der Waals surface area contributed by atoms with Crippen molar-refractivity contribution in [3.63, 3.8) is 0 Å². The van der Waals surface area contributed by atoms with Crippen molar-refractivity contribution < 1.29 is 0 Å². The zero-order valence-electron chi connectivity index (χ0n) is 11.2. The van der Waals surface area contributed by atoms with Gasteiger partial charge in [-0.3, -0.25) is 0 Å². The lowest BCUT2D eigenvalue weighted by atomic mass is 9.80. The quantitative estimate of drug-likeness (QED) is 0.878. The van der Waals surface area contributed by atoms with E-state index >= 15 is 0 Å². The van der Waals surface area contributed by atoms with Gasteiger partial charge in [0.05, 0.1) is 0 Å². The van der Waals surface area contributed by atoms with Gasteiger partial charge < -0.3 is 10.2 Å². The van der Waals surface area contributed by atoms with Crippen LogP contribution < -0.4 is 5.32 Å². The molecule has 2 saturated heterocycles. The van der Waals surface area contributed by atoms with Crippen molar-refractivity contribution in [2.24, 2.45) is 5.41 Å². The molecule has 2 fully saturated rings. The van der Waals surface area contributed by atoms with E-state index in [0.29, 0.717) is 5.41 Å². The first kappa shape index (κ1) is 12.2. The summed E-state index contributed by atoms with van der Waals surface area (Å²) in [7, 11) is 0. The van der Waals surface area contributed by atoms with E-state index in [1.165, 1.54) is 64.0 Å². The minimum Gasteiger partial charge on any atom is -0.316 e. The Hall–Kier alpha value is -0.860. The van der Waals surface area contributed by atoms with Crippen LogP contribution in [0.2, 0.25) is 0 Å². The highest BCUT2D eigenvalue weighted by Gasteiger charge is 2.38. The summed E-state index contributed by atoms with van der Waals surface area (Å²) in [4.78, 5) is 2.67. The van der Waals surface area contributed by atoms with Crippen molar-refractivity contribution in [1.82, 2.24) is 10.2 Å². The summed E-state index contributed by atoms with van der Waals surface area (Å²) in [6, 6.07) is 10.9. The molecule has 1 aromatic rings. The molecule has 0 aliphatic carbocycles. The topological polar surface area (TPSA) is 15.3 Å².